The Balaban J connectivity index is 5.10. The number of rotatable bonds is 69. The molecule has 17 nitrogen and oxygen atoms in total. The van der Waals surface area contributed by atoms with Gasteiger partial charge in [0.05, 0.1) is 26.4 Å². The van der Waals surface area contributed by atoms with Gasteiger partial charge in [0.1, 0.15) is 19.3 Å². The number of hydrogen-bond donors (Lipinski definition) is 3. The molecule has 0 aromatic rings. The molecule has 0 aliphatic carbocycles. The fourth-order valence-corrected chi connectivity index (χ4v) is 12.4. The molecule has 0 fully saturated rings. The van der Waals surface area contributed by atoms with Crippen LogP contribution in [0.4, 0.5) is 0 Å². The number of phosphoric ester groups is 2. The van der Waals surface area contributed by atoms with Crippen LogP contribution in [0.5, 0.6) is 0 Å². The SMILES string of the molecule is CCC(C)CCCCCCCCCCCCCCCCCCCCC(=O)OC[C@H](COP(=O)(O)OC[C@@H](O)COP(=O)(O)OC[C@@H](COC(=O)CCCCCCCCC(C)C)OC(=O)CCCCCCCCC(C)C)OC(=O)CCCCCCCCCCC(C)C. The molecule has 0 saturated carbocycles. The Morgan fingerprint density at radius 2 is 0.527 bits per heavy atom. The second kappa shape index (κ2) is 61.6. The first-order chi connectivity index (χ1) is 43.6. The fourth-order valence-electron chi connectivity index (χ4n) is 10.8. The van der Waals surface area contributed by atoms with Gasteiger partial charge in [0, 0.05) is 25.7 Å². The summed E-state index contributed by atoms with van der Waals surface area (Å²) in [5.74, 6) is 0.805. The van der Waals surface area contributed by atoms with E-state index in [0.29, 0.717) is 37.5 Å². The third-order valence-corrected chi connectivity index (χ3v) is 18.8. The Kier molecular flexibility index (Phi) is 60.3. The minimum absolute atomic E-state index is 0.101. The highest BCUT2D eigenvalue weighted by molar-refractivity contribution is 7.47. The van der Waals surface area contributed by atoms with E-state index in [-0.39, 0.29) is 25.7 Å². The van der Waals surface area contributed by atoms with E-state index in [1.54, 1.807) is 0 Å². The summed E-state index contributed by atoms with van der Waals surface area (Å²) in [5, 5.41) is 10.6. The lowest BCUT2D eigenvalue weighted by Crippen LogP contribution is -2.30. The zero-order valence-corrected chi connectivity index (χ0v) is 61.3. The first-order valence-electron chi connectivity index (χ1n) is 37.2. The van der Waals surface area contributed by atoms with E-state index in [2.05, 4.69) is 55.4 Å². The second-order valence-electron chi connectivity index (χ2n) is 27.6. The number of aliphatic hydroxyl groups excluding tert-OH is 1. The predicted molar refractivity (Wildman–Crippen MR) is 367 cm³/mol. The summed E-state index contributed by atoms with van der Waals surface area (Å²) in [6.45, 7) is 14.0. The highest BCUT2D eigenvalue weighted by atomic mass is 31.2. The van der Waals surface area contributed by atoms with Gasteiger partial charge in [-0.2, -0.15) is 0 Å². The molecule has 91 heavy (non-hydrogen) atoms. The van der Waals surface area contributed by atoms with Crippen LogP contribution in [-0.2, 0) is 65.4 Å². The number of hydrogen-bond acceptors (Lipinski definition) is 15. The van der Waals surface area contributed by atoms with E-state index in [0.717, 1.165) is 108 Å². The maximum Gasteiger partial charge on any atom is 0.472 e. The largest absolute Gasteiger partial charge is 0.472 e. The van der Waals surface area contributed by atoms with Crippen LogP contribution in [-0.4, -0.2) is 96.7 Å². The highest BCUT2D eigenvalue weighted by Gasteiger charge is 2.30. The Hall–Kier alpha value is -1.94. The van der Waals surface area contributed by atoms with Gasteiger partial charge in [0.25, 0.3) is 0 Å². The molecule has 0 aliphatic heterocycles. The van der Waals surface area contributed by atoms with Gasteiger partial charge < -0.3 is 33.8 Å². The average Bonchev–Trinajstić information content (AvgIpc) is 3.67. The van der Waals surface area contributed by atoms with E-state index in [9.17, 15) is 43.2 Å². The predicted octanol–water partition coefficient (Wildman–Crippen LogP) is 20.5. The van der Waals surface area contributed by atoms with E-state index in [1.807, 2.05) is 0 Å². The third-order valence-electron chi connectivity index (χ3n) is 16.9. The second-order valence-corrected chi connectivity index (χ2v) is 30.6. The molecule has 3 unspecified atom stereocenters. The summed E-state index contributed by atoms with van der Waals surface area (Å²) in [4.78, 5) is 72.4. The Bertz CT molecular complexity index is 1800. The van der Waals surface area contributed by atoms with Crippen molar-refractivity contribution in [2.45, 2.75) is 375 Å². The van der Waals surface area contributed by atoms with Gasteiger partial charge in [-0.05, 0) is 49.4 Å². The van der Waals surface area contributed by atoms with Crippen molar-refractivity contribution >= 4 is 39.5 Å². The minimum atomic E-state index is -4.95. The maximum atomic E-state index is 13.0. The number of unbranched alkanes of at least 4 members (excludes halogenated alkanes) is 34. The monoisotopic (exact) mass is 1340 g/mol. The van der Waals surface area contributed by atoms with Gasteiger partial charge in [-0.3, -0.25) is 37.3 Å². The molecule has 0 aromatic heterocycles. The highest BCUT2D eigenvalue weighted by Crippen LogP contribution is 2.45. The fraction of sp³-hybridized carbons (Fsp3) is 0.944. The Morgan fingerprint density at radius 1 is 0.308 bits per heavy atom. The number of carbonyl (C=O) groups excluding carboxylic acids is 4. The van der Waals surface area contributed by atoms with Crippen molar-refractivity contribution in [3.8, 4) is 0 Å². The lowest BCUT2D eigenvalue weighted by Gasteiger charge is -2.21. The number of carbonyl (C=O) groups is 4. The molecular weight excluding hydrogens is 1200 g/mol. The molecule has 540 valence electrons. The van der Waals surface area contributed by atoms with Crippen molar-refractivity contribution in [3.63, 3.8) is 0 Å². The quantitative estimate of drug-likeness (QED) is 0.0222. The Labute approximate surface area is 556 Å². The molecule has 0 aromatic carbocycles. The lowest BCUT2D eigenvalue weighted by atomic mass is 9.99. The summed E-state index contributed by atoms with van der Waals surface area (Å²) in [6, 6.07) is 0. The van der Waals surface area contributed by atoms with Gasteiger partial charge in [0.15, 0.2) is 12.2 Å². The van der Waals surface area contributed by atoms with E-state index in [1.165, 1.54) is 154 Å². The first kappa shape index (κ1) is 89.1. The number of phosphoric acid groups is 2. The molecule has 0 rings (SSSR count). The minimum Gasteiger partial charge on any atom is -0.462 e. The van der Waals surface area contributed by atoms with Crippen LogP contribution in [0.1, 0.15) is 357 Å². The summed E-state index contributed by atoms with van der Waals surface area (Å²) in [5.41, 5.74) is 0. The number of esters is 4. The smallest absolute Gasteiger partial charge is 0.462 e. The average molecular weight is 1340 g/mol. The standard InChI is InChI=1S/C72H140O17P2/c1-9-65(8)51-43-35-25-20-18-16-14-12-10-11-13-15-17-19-21-26-36-44-52-69(74)82-58-67(88-71(76)54-46-38-27-23-22-24-32-40-48-62(2)3)60-86-90(78,79)84-56-66(73)57-85-91(80,81)87-61-68(89-72(77)55-47-39-31-29-34-42-50-64(6)7)59-83-70(75)53-45-37-30-28-33-41-49-63(4)5/h62-68,73H,9-61H2,1-8H3,(H,78,79)(H,80,81)/t65?,66-,67-,68-/m1/s1. The lowest BCUT2D eigenvalue weighted by molar-refractivity contribution is -0.161. The normalized spacial score (nSPS) is 14.5. The van der Waals surface area contributed by atoms with Gasteiger partial charge in [-0.25, -0.2) is 9.13 Å². The molecular formula is C72H140O17P2. The summed E-state index contributed by atoms with van der Waals surface area (Å²) < 4.78 is 68.2. The molecule has 0 aliphatic rings. The van der Waals surface area contributed by atoms with Crippen molar-refractivity contribution in [3.05, 3.63) is 0 Å². The van der Waals surface area contributed by atoms with Crippen LogP contribution in [0.15, 0.2) is 0 Å². The molecule has 0 spiro atoms. The zero-order chi connectivity index (χ0) is 67.5. The third kappa shape index (κ3) is 65.1. The number of aliphatic hydroxyl groups is 1. The van der Waals surface area contributed by atoms with Crippen LogP contribution >= 0.6 is 15.6 Å². The zero-order valence-electron chi connectivity index (χ0n) is 59.5. The maximum absolute atomic E-state index is 13.0. The summed E-state index contributed by atoms with van der Waals surface area (Å²) in [7, 11) is -9.90. The van der Waals surface area contributed by atoms with Crippen molar-refractivity contribution in [1.29, 1.82) is 0 Å². The van der Waals surface area contributed by atoms with Crippen LogP contribution in [0.2, 0.25) is 0 Å². The van der Waals surface area contributed by atoms with Crippen LogP contribution < -0.4 is 0 Å². The molecule has 0 amide bonds. The van der Waals surface area contributed by atoms with Crippen LogP contribution in [0.25, 0.3) is 0 Å². The molecule has 3 N–H and O–H groups in total. The van der Waals surface area contributed by atoms with E-state index < -0.39 is 97.5 Å². The van der Waals surface area contributed by atoms with Crippen molar-refractivity contribution < 1.29 is 80.2 Å². The van der Waals surface area contributed by atoms with E-state index >= 15 is 0 Å². The number of ether oxygens (including phenoxy) is 4. The Morgan fingerprint density at radius 3 is 0.780 bits per heavy atom. The summed E-state index contributed by atoms with van der Waals surface area (Å²) >= 11 is 0. The summed E-state index contributed by atoms with van der Waals surface area (Å²) in [6.07, 6.45) is 45.0. The molecule has 0 saturated heterocycles. The molecule has 0 radical (unpaired) electrons. The first-order valence-corrected chi connectivity index (χ1v) is 40.2. The molecule has 6 atom stereocenters. The molecule has 0 bridgehead atoms. The topological polar surface area (TPSA) is 237 Å². The van der Waals surface area contributed by atoms with Crippen LogP contribution in [0.3, 0.4) is 0 Å². The van der Waals surface area contributed by atoms with Crippen molar-refractivity contribution in [1.82, 2.24) is 0 Å². The van der Waals surface area contributed by atoms with Crippen LogP contribution in [0, 0.1) is 23.7 Å². The van der Waals surface area contributed by atoms with E-state index in [4.69, 9.17) is 37.0 Å². The van der Waals surface area contributed by atoms with Gasteiger partial charge in [-0.15, -0.1) is 0 Å². The molecule has 19 heteroatoms. The van der Waals surface area contributed by atoms with Gasteiger partial charge in [0.2, 0.25) is 0 Å². The van der Waals surface area contributed by atoms with Crippen molar-refractivity contribution in [2.24, 2.45) is 23.7 Å². The van der Waals surface area contributed by atoms with Gasteiger partial charge in [-0.1, -0.05) is 306 Å². The molecule has 0 heterocycles. The van der Waals surface area contributed by atoms with Gasteiger partial charge >= 0.3 is 39.5 Å². The van der Waals surface area contributed by atoms with Crippen molar-refractivity contribution in [2.75, 3.05) is 39.6 Å².